The topological polar surface area (TPSA) is 95.9 Å². The number of halogens is 1. The highest BCUT2D eigenvalue weighted by Gasteiger charge is 2.28. The average Bonchev–Trinajstić information content (AvgIpc) is 2.61. The van der Waals surface area contributed by atoms with Gasteiger partial charge in [0, 0.05) is 25.7 Å². The number of likely N-dealkylation sites (N-methyl/N-ethyl adjacent to an activating group) is 1. The lowest BCUT2D eigenvalue weighted by atomic mass is 10.1. The molecule has 1 aromatic carbocycles. The van der Waals surface area contributed by atoms with E-state index in [0.29, 0.717) is 48.7 Å². The number of nitrogens with zero attached hydrogens (tertiary/aromatic N) is 4. The lowest BCUT2D eigenvalue weighted by molar-refractivity contribution is -0.138. The van der Waals surface area contributed by atoms with E-state index in [9.17, 15) is 14.0 Å². The largest absolute Gasteiger partial charge is 0.480 e. The SMILES string of the molecule is Cc1nc2cc(F)cc(C(=O)N3CCOC(CN(C)CC(=O)O)C3)c2nc1C. The third kappa shape index (κ3) is 4.42. The molecule has 0 bridgehead atoms. The summed E-state index contributed by atoms with van der Waals surface area (Å²) in [5.74, 6) is -1.81. The van der Waals surface area contributed by atoms with Crippen LogP contribution in [-0.2, 0) is 9.53 Å². The van der Waals surface area contributed by atoms with E-state index >= 15 is 0 Å². The molecule has 1 unspecified atom stereocenters. The van der Waals surface area contributed by atoms with Crippen LogP contribution in [0.3, 0.4) is 0 Å². The van der Waals surface area contributed by atoms with Crippen LogP contribution in [0.4, 0.5) is 4.39 Å². The van der Waals surface area contributed by atoms with Crippen molar-refractivity contribution in [3.8, 4) is 0 Å². The number of rotatable bonds is 5. The Morgan fingerprint density at radius 1 is 1.32 bits per heavy atom. The van der Waals surface area contributed by atoms with Crippen LogP contribution in [0.1, 0.15) is 21.7 Å². The number of carbonyl (C=O) groups is 2. The monoisotopic (exact) mass is 390 g/mol. The summed E-state index contributed by atoms with van der Waals surface area (Å²) in [4.78, 5) is 35.9. The molecule has 9 heteroatoms. The molecular weight excluding hydrogens is 367 g/mol. The zero-order valence-corrected chi connectivity index (χ0v) is 16.1. The van der Waals surface area contributed by atoms with Gasteiger partial charge < -0.3 is 14.7 Å². The first-order valence-corrected chi connectivity index (χ1v) is 9.00. The van der Waals surface area contributed by atoms with Crippen molar-refractivity contribution in [2.24, 2.45) is 0 Å². The molecule has 3 rings (SSSR count). The van der Waals surface area contributed by atoms with Crippen molar-refractivity contribution in [3.05, 3.63) is 34.9 Å². The van der Waals surface area contributed by atoms with E-state index in [1.54, 1.807) is 30.7 Å². The Balaban J connectivity index is 1.83. The van der Waals surface area contributed by atoms with Crippen LogP contribution < -0.4 is 0 Å². The van der Waals surface area contributed by atoms with E-state index in [-0.39, 0.29) is 24.1 Å². The van der Waals surface area contributed by atoms with Gasteiger partial charge in [0.1, 0.15) is 11.3 Å². The van der Waals surface area contributed by atoms with Gasteiger partial charge in [-0.25, -0.2) is 14.4 Å². The van der Waals surface area contributed by atoms with Gasteiger partial charge in [-0.15, -0.1) is 0 Å². The van der Waals surface area contributed by atoms with E-state index in [4.69, 9.17) is 9.84 Å². The van der Waals surface area contributed by atoms with Crippen molar-refractivity contribution in [1.29, 1.82) is 0 Å². The van der Waals surface area contributed by atoms with Gasteiger partial charge in [0.05, 0.1) is 41.7 Å². The summed E-state index contributed by atoms with van der Waals surface area (Å²) in [6.45, 7) is 4.83. The number of carboxylic acids is 1. The number of morpholine rings is 1. The van der Waals surface area contributed by atoms with Crippen LogP contribution in [0.5, 0.6) is 0 Å². The lowest BCUT2D eigenvalue weighted by Gasteiger charge is -2.34. The molecule has 1 amide bonds. The number of amides is 1. The number of hydrogen-bond acceptors (Lipinski definition) is 6. The molecule has 0 spiro atoms. The highest BCUT2D eigenvalue weighted by Crippen LogP contribution is 2.22. The van der Waals surface area contributed by atoms with Crippen molar-refractivity contribution in [3.63, 3.8) is 0 Å². The van der Waals surface area contributed by atoms with Gasteiger partial charge in [0.25, 0.3) is 5.91 Å². The van der Waals surface area contributed by atoms with Crippen LogP contribution in [-0.4, -0.2) is 82.7 Å². The Bertz CT molecular complexity index is 920. The summed E-state index contributed by atoms with van der Waals surface area (Å²) < 4.78 is 19.8. The first-order valence-electron chi connectivity index (χ1n) is 9.00. The molecule has 0 aliphatic carbocycles. The molecular formula is C19H23FN4O4. The second-order valence-corrected chi connectivity index (χ2v) is 7.05. The number of aryl methyl sites for hydroxylation is 2. The highest BCUT2D eigenvalue weighted by atomic mass is 19.1. The van der Waals surface area contributed by atoms with Crippen molar-refractivity contribution in [2.75, 3.05) is 39.8 Å². The third-order valence-electron chi connectivity index (χ3n) is 4.72. The minimum atomic E-state index is -0.929. The predicted molar refractivity (Wildman–Crippen MR) is 99.7 cm³/mol. The second kappa shape index (κ2) is 8.15. The number of hydrogen-bond donors (Lipinski definition) is 1. The molecule has 1 saturated heterocycles. The van der Waals surface area contributed by atoms with E-state index in [1.165, 1.54) is 12.1 Å². The number of carboxylic acid groups (broad SMARTS) is 1. The van der Waals surface area contributed by atoms with E-state index in [0.717, 1.165) is 0 Å². The Morgan fingerprint density at radius 3 is 2.75 bits per heavy atom. The average molecular weight is 390 g/mol. The van der Waals surface area contributed by atoms with Crippen LogP contribution in [0, 0.1) is 19.7 Å². The maximum Gasteiger partial charge on any atom is 0.317 e. The number of aliphatic carboxylic acids is 1. The Kier molecular flexibility index (Phi) is 5.85. The van der Waals surface area contributed by atoms with Gasteiger partial charge in [-0.05, 0) is 27.0 Å². The van der Waals surface area contributed by atoms with Gasteiger partial charge in [-0.3, -0.25) is 14.5 Å². The molecule has 1 fully saturated rings. The summed E-state index contributed by atoms with van der Waals surface area (Å²) in [6.07, 6.45) is -0.322. The van der Waals surface area contributed by atoms with Gasteiger partial charge in [0.2, 0.25) is 0 Å². The third-order valence-corrected chi connectivity index (χ3v) is 4.72. The molecule has 2 aromatic rings. The van der Waals surface area contributed by atoms with Crippen LogP contribution in [0.15, 0.2) is 12.1 Å². The maximum atomic E-state index is 14.1. The number of ether oxygens (including phenoxy) is 1. The molecule has 1 aliphatic rings. The molecule has 1 aromatic heterocycles. The summed E-state index contributed by atoms with van der Waals surface area (Å²) in [5, 5.41) is 8.88. The van der Waals surface area contributed by atoms with Gasteiger partial charge in [0.15, 0.2) is 0 Å². The first-order chi connectivity index (χ1) is 13.2. The number of carbonyl (C=O) groups excluding carboxylic acids is 1. The maximum absolute atomic E-state index is 14.1. The second-order valence-electron chi connectivity index (χ2n) is 7.05. The zero-order valence-electron chi connectivity index (χ0n) is 16.1. The van der Waals surface area contributed by atoms with Crippen molar-refractivity contribution in [2.45, 2.75) is 20.0 Å². The van der Waals surface area contributed by atoms with Crippen molar-refractivity contribution in [1.82, 2.24) is 19.8 Å². The molecule has 28 heavy (non-hydrogen) atoms. The highest BCUT2D eigenvalue weighted by molar-refractivity contribution is 6.04. The van der Waals surface area contributed by atoms with Crippen LogP contribution >= 0.6 is 0 Å². The van der Waals surface area contributed by atoms with Gasteiger partial charge >= 0.3 is 5.97 Å². The minimum absolute atomic E-state index is 0.115. The minimum Gasteiger partial charge on any atom is -0.480 e. The molecule has 150 valence electrons. The Morgan fingerprint density at radius 2 is 2.04 bits per heavy atom. The van der Waals surface area contributed by atoms with E-state index in [1.807, 2.05) is 0 Å². The fraction of sp³-hybridized carbons (Fsp3) is 0.474. The van der Waals surface area contributed by atoms with E-state index < -0.39 is 11.8 Å². The number of fused-ring (bicyclic) bond motifs is 1. The smallest absolute Gasteiger partial charge is 0.317 e. The fourth-order valence-corrected chi connectivity index (χ4v) is 3.29. The normalized spacial score (nSPS) is 17.3. The number of benzene rings is 1. The van der Waals surface area contributed by atoms with Crippen LogP contribution in [0.2, 0.25) is 0 Å². The molecule has 0 radical (unpaired) electrons. The summed E-state index contributed by atoms with van der Waals surface area (Å²) in [6, 6.07) is 2.46. The summed E-state index contributed by atoms with van der Waals surface area (Å²) >= 11 is 0. The lowest BCUT2D eigenvalue weighted by Crippen LogP contribution is -2.49. The molecule has 8 nitrogen and oxygen atoms in total. The predicted octanol–water partition coefficient (Wildman–Crippen LogP) is 1.24. The molecule has 0 saturated carbocycles. The van der Waals surface area contributed by atoms with Crippen molar-refractivity contribution >= 4 is 22.9 Å². The summed E-state index contributed by atoms with van der Waals surface area (Å²) in [5.41, 5.74) is 2.26. The molecule has 1 N–H and O–H groups in total. The Labute approximate surface area is 161 Å². The van der Waals surface area contributed by atoms with Gasteiger partial charge in [-0.2, -0.15) is 0 Å². The zero-order chi connectivity index (χ0) is 20.4. The molecule has 2 heterocycles. The number of aromatic nitrogens is 2. The molecule has 1 atom stereocenters. The van der Waals surface area contributed by atoms with Crippen LogP contribution in [0.25, 0.3) is 11.0 Å². The van der Waals surface area contributed by atoms with E-state index in [2.05, 4.69) is 9.97 Å². The molecule has 1 aliphatic heterocycles. The van der Waals surface area contributed by atoms with Gasteiger partial charge in [-0.1, -0.05) is 0 Å². The van der Waals surface area contributed by atoms with Crippen molar-refractivity contribution < 1.29 is 23.8 Å². The quantitative estimate of drug-likeness (QED) is 0.821. The fourth-order valence-electron chi connectivity index (χ4n) is 3.29. The standard InChI is InChI=1S/C19H23FN4O4/c1-11-12(2)22-18-15(6-13(20)7-16(18)21-11)19(27)24-4-5-28-14(9-24)8-23(3)10-17(25)26/h6-7,14H,4-5,8-10H2,1-3H3,(H,25,26). The Hall–Kier alpha value is -2.65. The summed E-state index contributed by atoms with van der Waals surface area (Å²) in [7, 11) is 1.68. The first kappa shape index (κ1) is 20.1.